The zero-order valence-electron chi connectivity index (χ0n) is 19.0. The Bertz CT molecular complexity index is 916. The Hall–Kier alpha value is -2.38. The maximum absolute atomic E-state index is 10.1. The maximum Gasteiger partial charge on any atom is 0.0764 e. The van der Waals surface area contributed by atoms with Crippen molar-refractivity contribution in [1.82, 2.24) is 0 Å². The molecule has 0 aliphatic heterocycles. The van der Waals surface area contributed by atoms with Crippen LogP contribution in [-0.4, -0.2) is 11.2 Å². The van der Waals surface area contributed by atoms with Gasteiger partial charge in [-0.2, -0.15) is 0 Å². The van der Waals surface area contributed by atoms with Gasteiger partial charge < -0.3 is 5.11 Å². The largest absolute Gasteiger partial charge is 0.389 e. The van der Waals surface area contributed by atoms with E-state index in [9.17, 15) is 5.11 Å². The van der Waals surface area contributed by atoms with Crippen LogP contribution in [-0.2, 0) is 6.42 Å². The van der Waals surface area contributed by atoms with Crippen LogP contribution in [0.15, 0.2) is 78.0 Å². The predicted molar refractivity (Wildman–Crippen MR) is 128 cm³/mol. The van der Waals surface area contributed by atoms with Crippen LogP contribution in [0.25, 0.3) is 5.57 Å². The number of hydrogen-bond donors (Lipinski definition) is 1. The van der Waals surface area contributed by atoms with Gasteiger partial charge in [0, 0.05) is 5.92 Å². The van der Waals surface area contributed by atoms with Gasteiger partial charge in [-0.1, -0.05) is 66.8 Å². The van der Waals surface area contributed by atoms with E-state index in [4.69, 9.17) is 0 Å². The summed E-state index contributed by atoms with van der Waals surface area (Å²) >= 11 is 0. The van der Waals surface area contributed by atoms with Crippen molar-refractivity contribution >= 4 is 5.57 Å². The number of allylic oxidation sites excluding steroid dienone is 8. The summed E-state index contributed by atoms with van der Waals surface area (Å²) in [5.41, 5.74) is 10.8. The van der Waals surface area contributed by atoms with Crippen LogP contribution in [0.5, 0.6) is 0 Å². The lowest BCUT2D eigenvalue weighted by atomic mass is 9.86. The van der Waals surface area contributed by atoms with Crippen molar-refractivity contribution in [3.05, 3.63) is 100 Å². The lowest BCUT2D eigenvalue weighted by Crippen LogP contribution is -2.07. The zero-order valence-corrected chi connectivity index (χ0v) is 19.0. The molecule has 1 N–H and O–H groups in total. The number of rotatable bonds is 5. The molecule has 2 atom stereocenters. The average molecular weight is 389 g/mol. The van der Waals surface area contributed by atoms with Crippen molar-refractivity contribution in [2.24, 2.45) is 5.92 Å². The van der Waals surface area contributed by atoms with Crippen molar-refractivity contribution in [3.63, 3.8) is 0 Å². The highest BCUT2D eigenvalue weighted by Crippen LogP contribution is 2.39. The molecular formula is C28H36O. The highest BCUT2D eigenvalue weighted by Gasteiger charge is 2.24. The molecular weight excluding hydrogens is 352 g/mol. The second-order valence-corrected chi connectivity index (χ2v) is 8.24. The molecule has 0 aromatic heterocycles. The van der Waals surface area contributed by atoms with Gasteiger partial charge in [-0.05, 0) is 93.4 Å². The number of aryl methyl sites for hydroxylation is 2. The summed E-state index contributed by atoms with van der Waals surface area (Å²) in [6.07, 6.45) is 11.7. The highest BCUT2D eigenvalue weighted by atomic mass is 16.3. The van der Waals surface area contributed by atoms with Crippen LogP contribution in [0.3, 0.4) is 0 Å². The fourth-order valence-corrected chi connectivity index (χ4v) is 4.14. The fraction of sp³-hybridized carbons (Fsp3) is 0.357. The average Bonchev–Trinajstić information content (AvgIpc) is 2.77. The summed E-state index contributed by atoms with van der Waals surface area (Å²) in [6, 6.07) is 4.64. The molecule has 1 aromatic carbocycles. The van der Waals surface area contributed by atoms with Gasteiger partial charge >= 0.3 is 0 Å². The molecule has 0 radical (unpaired) electrons. The lowest BCUT2D eigenvalue weighted by molar-refractivity contribution is 0.234. The van der Waals surface area contributed by atoms with E-state index in [0.717, 1.165) is 24.0 Å². The van der Waals surface area contributed by atoms with E-state index in [0.29, 0.717) is 5.92 Å². The zero-order chi connectivity index (χ0) is 21.7. The minimum absolute atomic E-state index is 0.323. The summed E-state index contributed by atoms with van der Waals surface area (Å²) in [6.45, 7) is 21.1. The summed E-state index contributed by atoms with van der Waals surface area (Å²) in [5, 5.41) is 10.1. The first-order valence-electron chi connectivity index (χ1n) is 10.5. The quantitative estimate of drug-likeness (QED) is 0.321. The van der Waals surface area contributed by atoms with E-state index in [1.807, 2.05) is 19.9 Å². The highest BCUT2D eigenvalue weighted by molar-refractivity contribution is 5.75. The van der Waals surface area contributed by atoms with Gasteiger partial charge in [0.2, 0.25) is 0 Å². The Morgan fingerprint density at radius 3 is 2.45 bits per heavy atom. The molecule has 1 nitrogen and oxygen atoms in total. The third kappa shape index (κ3) is 5.36. The van der Waals surface area contributed by atoms with Gasteiger partial charge in [-0.3, -0.25) is 0 Å². The van der Waals surface area contributed by atoms with Gasteiger partial charge in [0.25, 0.3) is 0 Å². The van der Waals surface area contributed by atoms with Crippen molar-refractivity contribution in [2.45, 2.75) is 60.5 Å². The third-order valence-electron chi connectivity index (χ3n) is 5.98. The van der Waals surface area contributed by atoms with E-state index in [2.05, 4.69) is 70.4 Å². The number of benzene rings is 1. The monoisotopic (exact) mass is 388 g/mol. The van der Waals surface area contributed by atoms with Gasteiger partial charge in [0.05, 0.1) is 6.10 Å². The molecule has 0 heterocycles. The summed E-state index contributed by atoms with van der Waals surface area (Å²) in [7, 11) is 0. The van der Waals surface area contributed by atoms with E-state index in [1.165, 1.54) is 39.0 Å². The molecule has 0 fully saturated rings. The number of aliphatic hydroxyl groups is 1. The van der Waals surface area contributed by atoms with Gasteiger partial charge in [0.15, 0.2) is 0 Å². The van der Waals surface area contributed by atoms with E-state index >= 15 is 0 Å². The third-order valence-corrected chi connectivity index (χ3v) is 5.98. The van der Waals surface area contributed by atoms with Gasteiger partial charge in [-0.25, -0.2) is 0 Å². The molecule has 0 saturated heterocycles. The van der Waals surface area contributed by atoms with Crippen molar-refractivity contribution in [1.29, 1.82) is 0 Å². The molecule has 29 heavy (non-hydrogen) atoms. The van der Waals surface area contributed by atoms with Crippen molar-refractivity contribution < 1.29 is 5.11 Å². The molecule has 1 aliphatic rings. The summed E-state index contributed by atoms with van der Waals surface area (Å²) in [4.78, 5) is 0. The second kappa shape index (κ2) is 9.89. The van der Waals surface area contributed by atoms with E-state index < -0.39 is 6.10 Å². The van der Waals surface area contributed by atoms with E-state index in [1.54, 1.807) is 6.92 Å². The topological polar surface area (TPSA) is 20.2 Å². The van der Waals surface area contributed by atoms with Crippen LogP contribution < -0.4 is 0 Å². The van der Waals surface area contributed by atoms with Crippen LogP contribution in [0, 0.1) is 19.8 Å². The Labute approximate surface area is 177 Å². The Kier molecular flexibility index (Phi) is 7.81. The predicted octanol–water partition coefficient (Wildman–Crippen LogP) is 7.21. The summed E-state index contributed by atoms with van der Waals surface area (Å²) in [5.74, 6) is 0.323. The SMILES string of the molecule is C=C(/C=C1\CC(=C)C(/C(C)=C/C=C\C)Cc2cc(C)c(C)cc21)/C(=C\C)C(C)O. The molecule has 1 heteroatoms. The Balaban J connectivity index is 2.61. The van der Waals surface area contributed by atoms with Crippen molar-refractivity contribution in [2.75, 3.05) is 0 Å². The normalized spacial score (nSPS) is 20.7. The Morgan fingerprint density at radius 2 is 1.86 bits per heavy atom. The molecule has 2 rings (SSSR count). The second-order valence-electron chi connectivity index (χ2n) is 8.24. The maximum atomic E-state index is 10.1. The first-order chi connectivity index (χ1) is 13.7. The van der Waals surface area contributed by atoms with Crippen LogP contribution in [0.2, 0.25) is 0 Å². The smallest absolute Gasteiger partial charge is 0.0764 e. The first kappa shape index (κ1) is 22.9. The fourth-order valence-electron chi connectivity index (χ4n) is 4.14. The number of aliphatic hydroxyl groups excluding tert-OH is 1. The molecule has 0 amide bonds. The standard InChI is InChI=1S/C28H36O/c1-9-11-12-18(3)27-17-25-13-19(4)20(5)16-28(25)24(15-22(27)7)14-21(6)26(10-2)23(8)29/h9-14,16,23,27,29H,6-7,15,17H2,1-5,8H3/b11-9-,18-12+,24-14+,26-10+. The van der Waals surface area contributed by atoms with Crippen LogP contribution in [0.4, 0.5) is 0 Å². The van der Waals surface area contributed by atoms with Gasteiger partial charge in [0.1, 0.15) is 0 Å². The number of hydrogen-bond acceptors (Lipinski definition) is 1. The minimum atomic E-state index is -0.531. The summed E-state index contributed by atoms with van der Waals surface area (Å²) < 4.78 is 0. The van der Waals surface area contributed by atoms with Crippen LogP contribution in [0.1, 0.15) is 56.4 Å². The van der Waals surface area contributed by atoms with Crippen molar-refractivity contribution in [3.8, 4) is 0 Å². The molecule has 0 spiro atoms. The lowest BCUT2D eigenvalue weighted by Gasteiger charge is -2.18. The molecule has 2 unspecified atom stereocenters. The molecule has 1 aliphatic carbocycles. The molecule has 154 valence electrons. The Morgan fingerprint density at radius 1 is 1.21 bits per heavy atom. The van der Waals surface area contributed by atoms with E-state index in [-0.39, 0.29) is 0 Å². The molecule has 0 bridgehead atoms. The van der Waals surface area contributed by atoms with Crippen LogP contribution >= 0.6 is 0 Å². The first-order valence-corrected chi connectivity index (χ1v) is 10.5. The van der Waals surface area contributed by atoms with Gasteiger partial charge in [-0.15, -0.1) is 0 Å². The minimum Gasteiger partial charge on any atom is -0.389 e. The number of fused-ring (bicyclic) bond motifs is 1. The molecule has 0 saturated carbocycles. The molecule has 1 aromatic rings.